The van der Waals surface area contributed by atoms with Gasteiger partial charge >= 0.3 is 5.97 Å². The van der Waals surface area contributed by atoms with Gasteiger partial charge in [0.15, 0.2) is 15.6 Å². The lowest BCUT2D eigenvalue weighted by Crippen LogP contribution is -2.52. The summed E-state index contributed by atoms with van der Waals surface area (Å²) >= 11 is 0. The van der Waals surface area contributed by atoms with E-state index in [9.17, 15) is 32.7 Å². The fourth-order valence-electron chi connectivity index (χ4n) is 6.48. The average Bonchev–Trinajstić information content (AvgIpc) is 3.68. The third-order valence-electron chi connectivity index (χ3n) is 9.28. The molecule has 0 aromatic heterocycles. The number of hydrogen-bond donors (Lipinski definition) is 2. The fraction of sp³-hybridized carbons (Fsp3) is 0.735. The Kier molecular flexibility index (Phi) is 14.8. The maximum absolute atomic E-state index is 14.0. The number of aliphatic imine (C=N–C) groups is 1. The van der Waals surface area contributed by atoms with E-state index in [0.717, 1.165) is 11.6 Å². The van der Waals surface area contributed by atoms with E-state index in [1.54, 1.807) is 6.08 Å². The quantitative estimate of drug-likeness (QED) is 0.297. The lowest BCUT2D eigenvalue weighted by molar-refractivity contribution is -0.161. The van der Waals surface area contributed by atoms with Gasteiger partial charge in [0, 0.05) is 38.6 Å². The highest BCUT2D eigenvalue weighted by Gasteiger charge is 2.50. The van der Waals surface area contributed by atoms with Crippen molar-refractivity contribution in [1.29, 1.82) is 0 Å². The van der Waals surface area contributed by atoms with Crippen LogP contribution < -0.4 is 5.32 Å². The first-order valence-electron chi connectivity index (χ1n) is 17.2. The van der Waals surface area contributed by atoms with Gasteiger partial charge < -0.3 is 29.7 Å². The first-order chi connectivity index (χ1) is 22.7. The Bertz CT molecular complexity index is 1370. The lowest BCUT2D eigenvalue weighted by Gasteiger charge is -2.32. The number of rotatable bonds is 7. The molecule has 3 aliphatic rings. The van der Waals surface area contributed by atoms with E-state index >= 15 is 0 Å². The Hall–Kier alpha value is -3.10. The summed E-state index contributed by atoms with van der Waals surface area (Å²) in [7, 11) is -3.85. The van der Waals surface area contributed by atoms with Gasteiger partial charge in [-0.25, -0.2) is 18.2 Å². The zero-order valence-corrected chi connectivity index (χ0v) is 30.1. The largest absolute Gasteiger partial charge is 0.471 e. The SMILES string of the molecule is CCN(CC)CCS(=O)(=O)[C@@H]1CCN2C(=O)C3=N/C(=C/C(=O)C[C@H](O)/C=C(/C)CCCNC(=O)CC[C@@H](C)[C@H](C(C)C)OC(=O)[C@@H]12)OC3. The molecule has 0 saturated carbocycles. The van der Waals surface area contributed by atoms with E-state index in [4.69, 9.17) is 9.47 Å². The minimum atomic E-state index is -3.85. The monoisotopic (exact) mass is 694 g/mol. The van der Waals surface area contributed by atoms with Gasteiger partial charge in [0.05, 0.1) is 17.1 Å². The van der Waals surface area contributed by atoms with Crippen molar-refractivity contribution in [3.63, 3.8) is 0 Å². The van der Waals surface area contributed by atoms with Crippen LogP contribution in [0.4, 0.5) is 0 Å². The van der Waals surface area contributed by atoms with Gasteiger partial charge in [-0.1, -0.05) is 46.3 Å². The number of aliphatic hydroxyl groups is 1. The highest BCUT2D eigenvalue weighted by atomic mass is 32.2. The molecule has 0 aromatic carbocycles. The molecule has 3 aliphatic heterocycles. The number of carbonyl (C=O) groups excluding carboxylic acids is 4. The molecular formula is C34H54N4O9S. The second-order valence-corrected chi connectivity index (χ2v) is 15.7. The molecule has 0 radical (unpaired) electrons. The van der Waals surface area contributed by atoms with Gasteiger partial charge in [-0.3, -0.25) is 14.4 Å². The summed E-state index contributed by atoms with van der Waals surface area (Å²) in [5.74, 6) is -2.73. The number of fused-ring (bicyclic) bond motifs is 2. The maximum atomic E-state index is 14.0. The number of allylic oxidation sites excluding steroid dienone is 2. The third-order valence-corrected chi connectivity index (χ3v) is 11.4. The first-order valence-corrected chi connectivity index (χ1v) is 18.9. The number of cyclic esters (lactones) is 1. The molecule has 1 saturated heterocycles. The van der Waals surface area contributed by atoms with Crippen molar-refractivity contribution in [3.8, 4) is 0 Å². The maximum Gasteiger partial charge on any atom is 0.330 e. The van der Waals surface area contributed by atoms with Gasteiger partial charge in [-0.05, 0) is 57.5 Å². The molecule has 2 bridgehead atoms. The van der Waals surface area contributed by atoms with Gasteiger partial charge in [-0.2, -0.15) is 0 Å². The Labute approximate surface area is 285 Å². The molecule has 48 heavy (non-hydrogen) atoms. The molecule has 1 fully saturated rings. The van der Waals surface area contributed by atoms with Crippen LogP contribution in [-0.4, -0.2) is 121 Å². The summed E-state index contributed by atoms with van der Waals surface area (Å²) in [6.07, 6.45) is 2.80. The van der Waals surface area contributed by atoms with Crippen LogP contribution in [0.15, 0.2) is 28.6 Å². The molecule has 13 nitrogen and oxygen atoms in total. The third kappa shape index (κ3) is 11.0. The van der Waals surface area contributed by atoms with Gasteiger partial charge in [0.1, 0.15) is 24.5 Å². The molecule has 3 heterocycles. The summed E-state index contributed by atoms with van der Waals surface area (Å²) in [6, 6.07) is -1.40. The molecule has 0 spiro atoms. The summed E-state index contributed by atoms with van der Waals surface area (Å²) < 4.78 is 39.1. The van der Waals surface area contributed by atoms with Crippen LogP contribution in [0, 0.1) is 11.8 Å². The molecule has 0 unspecified atom stereocenters. The predicted octanol–water partition coefficient (Wildman–Crippen LogP) is 2.19. The van der Waals surface area contributed by atoms with E-state index in [0.29, 0.717) is 45.4 Å². The van der Waals surface area contributed by atoms with Crippen LogP contribution in [0.25, 0.3) is 0 Å². The van der Waals surface area contributed by atoms with Crippen molar-refractivity contribution in [1.82, 2.24) is 15.1 Å². The van der Waals surface area contributed by atoms with E-state index < -0.39 is 51.0 Å². The Balaban J connectivity index is 1.97. The van der Waals surface area contributed by atoms with Crippen LogP contribution in [0.5, 0.6) is 0 Å². The van der Waals surface area contributed by atoms with E-state index in [1.165, 1.54) is 4.90 Å². The second-order valence-electron chi connectivity index (χ2n) is 13.4. The number of ether oxygens (including phenoxy) is 2. The number of nitrogens with one attached hydrogen (secondary N) is 1. The highest BCUT2D eigenvalue weighted by Crippen LogP contribution is 2.30. The molecular weight excluding hydrogens is 640 g/mol. The average molecular weight is 695 g/mol. The molecule has 0 aliphatic carbocycles. The smallest absolute Gasteiger partial charge is 0.330 e. The van der Waals surface area contributed by atoms with Crippen molar-refractivity contribution in [2.75, 3.05) is 45.1 Å². The summed E-state index contributed by atoms with van der Waals surface area (Å²) in [6.45, 7) is 13.2. The van der Waals surface area contributed by atoms with Crippen LogP contribution in [0.3, 0.4) is 0 Å². The van der Waals surface area contributed by atoms with E-state index in [1.807, 2.05) is 46.4 Å². The highest BCUT2D eigenvalue weighted by molar-refractivity contribution is 7.92. The van der Waals surface area contributed by atoms with Gasteiger partial charge in [-0.15, -0.1) is 0 Å². The molecule has 2 N–H and O–H groups in total. The molecule has 0 aromatic rings. The minimum absolute atomic E-state index is 0.00921. The summed E-state index contributed by atoms with van der Waals surface area (Å²) in [5, 5.41) is 12.1. The molecule has 3 rings (SSSR count). The second kappa shape index (κ2) is 18.1. The number of nitrogens with zero attached hydrogens (tertiary/aromatic N) is 3. The normalized spacial score (nSPS) is 29.7. The van der Waals surface area contributed by atoms with Crippen LogP contribution in [0.1, 0.15) is 80.1 Å². The number of hydrogen-bond acceptors (Lipinski definition) is 11. The standard InChI is InChI=1S/C34H54N4O9S/c1-7-37(8-2)16-17-48(44,45)28-13-15-38-31(28)34(43)47-32(22(3)4)24(6)11-12-29(41)35-14-9-10-23(5)18-25(39)19-26(40)20-30-36-27(21-46-30)33(38)42/h18,20,22,24-25,28,31-32,39H,7-17,19,21H2,1-6H3,(H,35,41)/b23-18-,30-20-/t24-,25-,28-,31-,32+/m1/s1. The first kappa shape index (κ1) is 39.3. The van der Waals surface area contributed by atoms with Gasteiger partial charge in [0.25, 0.3) is 5.91 Å². The van der Waals surface area contributed by atoms with Crippen molar-refractivity contribution < 1.29 is 42.2 Å². The summed E-state index contributed by atoms with van der Waals surface area (Å²) in [5.41, 5.74) is 0.810. The number of carbonyl (C=O) groups is 4. The van der Waals surface area contributed by atoms with Crippen LogP contribution in [-0.2, 0) is 38.5 Å². The van der Waals surface area contributed by atoms with Crippen molar-refractivity contribution >= 4 is 39.1 Å². The van der Waals surface area contributed by atoms with Crippen molar-refractivity contribution in [2.45, 2.75) is 104 Å². The minimum Gasteiger partial charge on any atom is -0.471 e. The van der Waals surface area contributed by atoms with Crippen LogP contribution >= 0.6 is 0 Å². The fourth-order valence-corrected chi connectivity index (χ4v) is 8.41. The number of aliphatic hydroxyl groups excluding tert-OH is 1. The molecule has 5 atom stereocenters. The Morgan fingerprint density at radius 1 is 1.12 bits per heavy atom. The molecule has 2 amide bonds. The van der Waals surface area contributed by atoms with Crippen molar-refractivity contribution in [3.05, 3.63) is 23.6 Å². The van der Waals surface area contributed by atoms with Crippen molar-refractivity contribution in [2.24, 2.45) is 16.8 Å². The predicted molar refractivity (Wildman–Crippen MR) is 182 cm³/mol. The Morgan fingerprint density at radius 2 is 1.83 bits per heavy atom. The topological polar surface area (TPSA) is 172 Å². The molecule has 270 valence electrons. The van der Waals surface area contributed by atoms with Gasteiger partial charge in [0.2, 0.25) is 11.8 Å². The zero-order valence-electron chi connectivity index (χ0n) is 29.3. The Morgan fingerprint density at radius 3 is 2.50 bits per heavy atom. The lowest BCUT2D eigenvalue weighted by atomic mass is 9.90. The molecule has 14 heteroatoms. The van der Waals surface area contributed by atoms with E-state index in [-0.39, 0.29) is 67.5 Å². The number of amides is 2. The number of esters is 1. The number of sulfone groups is 1. The summed E-state index contributed by atoms with van der Waals surface area (Å²) in [4.78, 5) is 60.5. The zero-order chi connectivity index (χ0) is 35.6. The van der Waals surface area contributed by atoms with Crippen LogP contribution in [0.2, 0.25) is 0 Å². The number of ketones is 1. The van der Waals surface area contributed by atoms with E-state index in [2.05, 4.69) is 10.3 Å².